The molecule has 1 aromatic carbocycles. The van der Waals surface area contributed by atoms with Gasteiger partial charge in [-0.3, -0.25) is 4.79 Å². The highest BCUT2D eigenvalue weighted by atomic mass is 32.1. The number of alkyl halides is 3. The lowest BCUT2D eigenvalue weighted by atomic mass is 9.88. The molecule has 0 radical (unpaired) electrons. The van der Waals surface area contributed by atoms with Crippen molar-refractivity contribution in [3.05, 3.63) is 35.4 Å². The molecule has 0 amide bonds. The fourth-order valence-corrected chi connectivity index (χ4v) is 2.83. The fraction of sp³-hybridized carbons (Fsp3) is 0.462. The second kappa shape index (κ2) is 5.65. The summed E-state index contributed by atoms with van der Waals surface area (Å²) < 4.78 is 42.3. The molecule has 1 N–H and O–H groups in total. The van der Waals surface area contributed by atoms with Crippen LogP contribution < -0.4 is 5.32 Å². The Bertz CT molecular complexity index is 489. The molecule has 7 heteroatoms. The number of ether oxygens (including phenoxy) is 1. The molecule has 3 nitrogen and oxygen atoms in total. The van der Waals surface area contributed by atoms with Crippen molar-refractivity contribution in [3.8, 4) is 0 Å². The molecule has 1 fully saturated rings. The van der Waals surface area contributed by atoms with Gasteiger partial charge >= 0.3 is 12.1 Å². The Hall–Kier alpha value is -1.21. The van der Waals surface area contributed by atoms with Gasteiger partial charge in [-0.05, 0) is 17.7 Å². The highest BCUT2D eigenvalue weighted by Gasteiger charge is 2.41. The zero-order valence-corrected chi connectivity index (χ0v) is 11.5. The number of halogens is 3. The smallest absolute Gasteiger partial charge is 0.416 e. The van der Waals surface area contributed by atoms with Gasteiger partial charge in [0.05, 0.1) is 24.0 Å². The molecule has 0 aromatic heterocycles. The Morgan fingerprint density at radius 3 is 2.45 bits per heavy atom. The molecule has 0 saturated carbocycles. The maximum atomic E-state index is 12.5. The molecule has 1 aromatic rings. The van der Waals surface area contributed by atoms with E-state index in [1.54, 1.807) is 0 Å². The number of hydrogen-bond donors (Lipinski definition) is 2. The normalized spacial score (nSPS) is 26.6. The molecule has 0 spiro atoms. The molecular weight excluding hydrogens is 291 g/mol. The van der Waals surface area contributed by atoms with Crippen LogP contribution in [0.4, 0.5) is 13.2 Å². The van der Waals surface area contributed by atoms with E-state index in [-0.39, 0.29) is 11.3 Å². The molecule has 0 aliphatic carbocycles. The van der Waals surface area contributed by atoms with Crippen LogP contribution in [0.3, 0.4) is 0 Å². The number of thiol groups is 1. The largest absolute Gasteiger partial charge is 0.469 e. The van der Waals surface area contributed by atoms with Gasteiger partial charge in [-0.15, -0.1) is 0 Å². The Labute approximate surface area is 119 Å². The van der Waals surface area contributed by atoms with Gasteiger partial charge in [0, 0.05) is 12.5 Å². The first-order valence-corrected chi connectivity index (χ1v) is 6.52. The lowest BCUT2D eigenvalue weighted by molar-refractivity contribution is -0.145. The number of nitrogens with one attached hydrogen (secondary N) is 1. The predicted molar refractivity (Wildman–Crippen MR) is 70.5 cm³/mol. The SMILES string of the molecule is COC(=O)C1C(S)NCC1c1ccc(C(F)(F)F)cc1. The minimum Gasteiger partial charge on any atom is -0.469 e. The highest BCUT2D eigenvalue weighted by Crippen LogP contribution is 2.36. The Morgan fingerprint density at radius 2 is 1.95 bits per heavy atom. The van der Waals surface area contributed by atoms with Crippen molar-refractivity contribution in [3.63, 3.8) is 0 Å². The van der Waals surface area contributed by atoms with Crippen LogP contribution in [-0.4, -0.2) is 25.0 Å². The van der Waals surface area contributed by atoms with E-state index in [2.05, 4.69) is 17.9 Å². The van der Waals surface area contributed by atoms with Crippen LogP contribution >= 0.6 is 12.6 Å². The van der Waals surface area contributed by atoms with E-state index in [0.29, 0.717) is 12.1 Å². The van der Waals surface area contributed by atoms with Gasteiger partial charge in [0.1, 0.15) is 0 Å². The molecule has 20 heavy (non-hydrogen) atoms. The van der Waals surface area contributed by atoms with Crippen molar-refractivity contribution < 1.29 is 22.7 Å². The van der Waals surface area contributed by atoms with Crippen LogP contribution in [0.15, 0.2) is 24.3 Å². The van der Waals surface area contributed by atoms with Crippen LogP contribution in [0.5, 0.6) is 0 Å². The number of rotatable bonds is 2. The van der Waals surface area contributed by atoms with E-state index in [4.69, 9.17) is 4.74 Å². The van der Waals surface area contributed by atoms with Gasteiger partial charge in [-0.1, -0.05) is 12.1 Å². The molecule has 1 aliphatic heterocycles. The van der Waals surface area contributed by atoms with Crippen molar-refractivity contribution in [1.29, 1.82) is 0 Å². The maximum absolute atomic E-state index is 12.5. The summed E-state index contributed by atoms with van der Waals surface area (Å²) in [5.74, 6) is -1.17. The maximum Gasteiger partial charge on any atom is 0.416 e. The average Bonchev–Trinajstić information content (AvgIpc) is 2.79. The van der Waals surface area contributed by atoms with Crippen molar-refractivity contribution in [2.45, 2.75) is 17.5 Å². The molecule has 3 atom stereocenters. The van der Waals surface area contributed by atoms with Crippen molar-refractivity contribution in [2.75, 3.05) is 13.7 Å². The molecule has 110 valence electrons. The average molecular weight is 305 g/mol. The van der Waals surface area contributed by atoms with E-state index in [1.807, 2.05) is 0 Å². The Balaban J connectivity index is 2.25. The summed E-state index contributed by atoms with van der Waals surface area (Å²) in [7, 11) is 1.28. The summed E-state index contributed by atoms with van der Waals surface area (Å²) in [5.41, 5.74) is -0.0401. The van der Waals surface area contributed by atoms with Crippen molar-refractivity contribution in [2.24, 2.45) is 5.92 Å². The zero-order valence-electron chi connectivity index (χ0n) is 10.6. The number of carbonyl (C=O) groups is 1. The van der Waals surface area contributed by atoms with Crippen LogP contribution in [0, 0.1) is 5.92 Å². The van der Waals surface area contributed by atoms with Crippen molar-refractivity contribution in [1.82, 2.24) is 5.32 Å². The van der Waals surface area contributed by atoms with Gasteiger partial charge in [0.25, 0.3) is 0 Å². The Kier molecular flexibility index (Phi) is 4.29. The minimum absolute atomic E-state index is 0.243. The third kappa shape index (κ3) is 2.93. The quantitative estimate of drug-likeness (QED) is 0.651. The van der Waals surface area contributed by atoms with Gasteiger partial charge in [0.15, 0.2) is 0 Å². The molecule has 2 rings (SSSR count). The lowest BCUT2D eigenvalue weighted by Gasteiger charge is -2.19. The summed E-state index contributed by atoms with van der Waals surface area (Å²) in [5, 5.41) is 2.65. The topological polar surface area (TPSA) is 38.3 Å². The molecular formula is C13H14F3NO2S. The fourth-order valence-electron chi connectivity index (χ4n) is 2.40. The highest BCUT2D eigenvalue weighted by molar-refractivity contribution is 7.81. The number of carbonyl (C=O) groups excluding carboxylic acids is 1. The number of benzene rings is 1. The monoisotopic (exact) mass is 305 g/mol. The third-order valence-corrected chi connectivity index (χ3v) is 3.96. The predicted octanol–water partition coefficient (Wildman–Crippen LogP) is 2.44. The second-order valence-electron chi connectivity index (χ2n) is 4.63. The summed E-state index contributed by atoms with van der Waals surface area (Å²) in [4.78, 5) is 11.7. The van der Waals surface area contributed by atoms with Gasteiger partial charge in [-0.25, -0.2) is 0 Å². The van der Waals surface area contributed by atoms with E-state index < -0.39 is 23.6 Å². The molecule has 1 heterocycles. The minimum atomic E-state index is -4.36. The number of esters is 1. The van der Waals surface area contributed by atoms with Crippen LogP contribution in [-0.2, 0) is 15.7 Å². The van der Waals surface area contributed by atoms with Crippen LogP contribution in [0.2, 0.25) is 0 Å². The molecule has 3 unspecified atom stereocenters. The van der Waals surface area contributed by atoms with Gasteiger partial charge in [-0.2, -0.15) is 25.8 Å². The standard InChI is InChI=1S/C13H14F3NO2S/c1-19-12(18)10-9(6-17-11(10)20)7-2-4-8(5-3-7)13(14,15)16/h2-5,9-11,17,20H,6H2,1H3. The van der Waals surface area contributed by atoms with Gasteiger partial charge < -0.3 is 10.1 Å². The lowest BCUT2D eigenvalue weighted by Crippen LogP contribution is -2.28. The summed E-state index contributed by atoms with van der Waals surface area (Å²) >= 11 is 4.26. The van der Waals surface area contributed by atoms with E-state index in [1.165, 1.54) is 19.2 Å². The number of methoxy groups -OCH3 is 1. The molecule has 0 bridgehead atoms. The van der Waals surface area contributed by atoms with E-state index in [9.17, 15) is 18.0 Å². The summed E-state index contributed by atoms with van der Waals surface area (Å²) in [6.45, 7) is 0.472. The van der Waals surface area contributed by atoms with E-state index in [0.717, 1.165) is 12.1 Å². The van der Waals surface area contributed by atoms with Crippen LogP contribution in [0.1, 0.15) is 17.0 Å². The first-order valence-electron chi connectivity index (χ1n) is 6.01. The summed E-state index contributed by atoms with van der Waals surface area (Å²) in [6, 6.07) is 4.85. The number of hydrogen-bond acceptors (Lipinski definition) is 4. The van der Waals surface area contributed by atoms with Crippen LogP contribution in [0.25, 0.3) is 0 Å². The van der Waals surface area contributed by atoms with Crippen molar-refractivity contribution >= 4 is 18.6 Å². The Morgan fingerprint density at radius 1 is 1.35 bits per heavy atom. The zero-order chi connectivity index (χ0) is 14.9. The second-order valence-corrected chi connectivity index (χ2v) is 5.18. The summed E-state index contributed by atoms with van der Waals surface area (Å²) in [6.07, 6.45) is -4.36. The molecule has 1 aliphatic rings. The van der Waals surface area contributed by atoms with Gasteiger partial charge in [0.2, 0.25) is 0 Å². The van der Waals surface area contributed by atoms with E-state index >= 15 is 0 Å². The molecule has 1 saturated heterocycles. The third-order valence-electron chi connectivity index (χ3n) is 3.46. The first kappa shape index (κ1) is 15.2. The first-order chi connectivity index (χ1) is 9.34.